The highest BCUT2D eigenvalue weighted by Gasteiger charge is 2.36. The molecule has 0 amide bonds. The van der Waals surface area contributed by atoms with Gasteiger partial charge in [0.2, 0.25) is 0 Å². The Balaban J connectivity index is 1.83. The van der Waals surface area contributed by atoms with E-state index in [0.29, 0.717) is 0 Å². The summed E-state index contributed by atoms with van der Waals surface area (Å²) >= 11 is 0. The number of likely N-dealkylation sites (N-methyl/N-ethyl adjacent to an activating group) is 1. The molecule has 2 aromatic carbocycles. The van der Waals surface area contributed by atoms with Gasteiger partial charge in [-0.2, -0.15) is 0 Å². The summed E-state index contributed by atoms with van der Waals surface area (Å²) in [5.74, 6) is -0.772. The Bertz CT molecular complexity index is 769. The standard InChI is InChI=1S/C22H25NO2/c1-17(21(24)25)23(2)16-8-14-22(19-10-4-3-5-11-19)15-13-18-9-6-7-12-20(18)22/h3-7,9-13,15,17H,8,14,16H2,1-2H3,(H,24,25)/t17-,22?/m0/s1. The minimum atomic E-state index is -0.772. The maximum absolute atomic E-state index is 11.2. The van der Waals surface area contributed by atoms with Gasteiger partial charge in [0.1, 0.15) is 6.04 Å². The van der Waals surface area contributed by atoms with E-state index in [-0.39, 0.29) is 5.41 Å². The predicted molar refractivity (Wildman–Crippen MR) is 102 cm³/mol. The number of aliphatic carboxylic acids is 1. The third-order valence-electron chi connectivity index (χ3n) is 5.38. The highest BCUT2D eigenvalue weighted by atomic mass is 16.4. The largest absolute Gasteiger partial charge is 0.480 e. The van der Waals surface area contributed by atoms with E-state index < -0.39 is 12.0 Å². The van der Waals surface area contributed by atoms with Gasteiger partial charge in [-0.15, -0.1) is 0 Å². The zero-order valence-corrected chi connectivity index (χ0v) is 14.9. The summed E-state index contributed by atoms with van der Waals surface area (Å²) in [6.45, 7) is 2.50. The van der Waals surface area contributed by atoms with Gasteiger partial charge in [0.05, 0.1) is 0 Å². The average molecular weight is 335 g/mol. The second kappa shape index (κ2) is 7.24. The number of rotatable bonds is 7. The third kappa shape index (κ3) is 3.38. The molecular weight excluding hydrogens is 310 g/mol. The van der Waals surface area contributed by atoms with Crippen LogP contribution in [0.25, 0.3) is 6.08 Å². The van der Waals surface area contributed by atoms with E-state index in [1.165, 1.54) is 16.7 Å². The van der Waals surface area contributed by atoms with E-state index in [0.717, 1.165) is 19.4 Å². The molecule has 0 saturated carbocycles. The summed E-state index contributed by atoms with van der Waals surface area (Å²) in [7, 11) is 1.88. The topological polar surface area (TPSA) is 40.5 Å². The molecule has 0 heterocycles. The summed E-state index contributed by atoms with van der Waals surface area (Å²) < 4.78 is 0. The summed E-state index contributed by atoms with van der Waals surface area (Å²) in [6.07, 6.45) is 6.42. The van der Waals surface area contributed by atoms with E-state index in [1.54, 1.807) is 6.92 Å². The molecule has 2 atom stereocenters. The van der Waals surface area contributed by atoms with Crippen LogP contribution >= 0.6 is 0 Å². The van der Waals surface area contributed by atoms with Gasteiger partial charge in [-0.25, -0.2) is 0 Å². The van der Waals surface area contributed by atoms with Gasteiger partial charge in [0, 0.05) is 5.41 Å². The van der Waals surface area contributed by atoms with Crippen LogP contribution in [0, 0.1) is 0 Å². The monoisotopic (exact) mass is 335 g/mol. The number of carboxylic acid groups (broad SMARTS) is 1. The molecule has 0 bridgehead atoms. The van der Waals surface area contributed by atoms with Crippen LogP contribution in [0.15, 0.2) is 60.7 Å². The fourth-order valence-corrected chi connectivity index (χ4v) is 3.71. The van der Waals surface area contributed by atoms with E-state index >= 15 is 0 Å². The molecule has 0 aliphatic heterocycles. The van der Waals surface area contributed by atoms with Gasteiger partial charge in [-0.05, 0) is 50.0 Å². The van der Waals surface area contributed by atoms with E-state index in [2.05, 4.69) is 60.7 Å². The Labute approximate surface area is 149 Å². The van der Waals surface area contributed by atoms with Crippen LogP contribution in [0.4, 0.5) is 0 Å². The SMILES string of the molecule is C[C@@H](C(=O)O)N(C)CCCC1(c2ccccc2)C=Cc2ccccc21. The van der Waals surface area contributed by atoms with Crippen molar-refractivity contribution < 1.29 is 9.90 Å². The minimum Gasteiger partial charge on any atom is -0.480 e. The van der Waals surface area contributed by atoms with Crippen molar-refractivity contribution in [1.29, 1.82) is 0 Å². The average Bonchev–Trinajstić information content (AvgIpc) is 3.02. The lowest BCUT2D eigenvalue weighted by Crippen LogP contribution is -2.37. The van der Waals surface area contributed by atoms with Crippen molar-refractivity contribution in [3.63, 3.8) is 0 Å². The zero-order valence-electron chi connectivity index (χ0n) is 14.9. The summed E-state index contributed by atoms with van der Waals surface area (Å²) in [6, 6.07) is 18.7. The molecule has 25 heavy (non-hydrogen) atoms. The maximum atomic E-state index is 11.2. The first-order valence-corrected chi connectivity index (χ1v) is 8.82. The van der Waals surface area contributed by atoms with Crippen LogP contribution in [-0.2, 0) is 10.2 Å². The first-order chi connectivity index (χ1) is 12.0. The molecule has 1 aliphatic rings. The number of hydrogen-bond donors (Lipinski definition) is 1. The number of benzene rings is 2. The third-order valence-corrected chi connectivity index (χ3v) is 5.38. The summed E-state index contributed by atoms with van der Waals surface area (Å²) in [4.78, 5) is 13.1. The van der Waals surface area contributed by atoms with Gasteiger partial charge in [-0.1, -0.05) is 66.7 Å². The van der Waals surface area contributed by atoms with Crippen molar-refractivity contribution in [1.82, 2.24) is 4.90 Å². The molecule has 130 valence electrons. The van der Waals surface area contributed by atoms with Crippen LogP contribution < -0.4 is 0 Å². The second-order valence-electron chi connectivity index (χ2n) is 6.86. The molecule has 0 spiro atoms. The number of fused-ring (bicyclic) bond motifs is 1. The Morgan fingerprint density at radius 1 is 1.12 bits per heavy atom. The molecule has 0 aromatic heterocycles. The van der Waals surface area contributed by atoms with Crippen molar-refractivity contribution in [3.8, 4) is 0 Å². The number of allylic oxidation sites excluding steroid dienone is 1. The Morgan fingerprint density at radius 2 is 1.80 bits per heavy atom. The lowest BCUT2D eigenvalue weighted by molar-refractivity contribution is -0.142. The number of carbonyl (C=O) groups is 1. The van der Waals surface area contributed by atoms with Crippen molar-refractivity contribution in [3.05, 3.63) is 77.4 Å². The van der Waals surface area contributed by atoms with Gasteiger partial charge in [0.25, 0.3) is 0 Å². The van der Waals surface area contributed by atoms with Crippen LogP contribution in [0.5, 0.6) is 0 Å². The highest BCUT2D eigenvalue weighted by molar-refractivity contribution is 5.72. The summed E-state index contributed by atoms with van der Waals surface area (Å²) in [5, 5.41) is 9.17. The molecule has 0 radical (unpaired) electrons. The van der Waals surface area contributed by atoms with E-state index in [4.69, 9.17) is 5.11 Å². The zero-order chi connectivity index (χ0) is 17.9. The fraction of sp³-hybridized carbons (Fsp3) is 0.318. The lowest BCUT2D eigenvalue weighted by Gasteiger charge is -2.31. The first-order valence-electron chi connectivity index (χ1n) is 8.82. The summed E-state index contributed by atoms with van der Waals surface area (Å²) in [5.41, 5.74) is 3.80. The quantitative estimate of drug-likeness (QED) is 0.825. The van der Waals surface area contributed by atoms with Gasteiger partial charge < -0.3 is 5.11 Å². The normalized spacial score (nSPS) is 19.8. The van der Waals surface area contributed by atoms with Crippen molar-refractivity contribution >= 4 is 12.0 Å². The molecule has 3 heteroatoms. The molecule has 3 rings (SSSR count). The van der Waals surface area contributed by atoms with Crippen molar-refractivity contribution in [2.45, 2.75) is 31.2 Å². The van der Waals surface area contributed by atoms with Gasteiger partial charge >= 0.3 is 5.97 Å². The first kappa shape index (κ1) is 17.4. The Kier molecular flexibility index (Phi) is 5.05. The minimum absolute atomic E-state index is 0.120. The van der Waals surface area contributed by atoms with Crippen LogP contribution in [0.3, 0.4) is 0 Å². The molecule has 1 unspecified atom stereocenters. The van der Waals surface area contributed by atoms with Crippen LogP contribution in [0.1, 0.15) is 36.5 Å². The van der Waals surface area contributed by atoms with Crippen molar-refractivity contribution in [2.24, 2.45) is 0 Å². The molecule has 0 saturated heterocycles. The van der Waals surface area contributed by atoms with E-state index in [1.807, 2.05) is 18.0 Å². The van der Waals surface area contributed by atoms with Crippen LogP contribution in [-0.4, -0.2) is 35.6 Å². The molecule has 2 aromatic rings. The number of nitrogens with zero attached hydrogens (tertiary/aromatic N) is 1. The smallest absolute Gasteiger partial charge is 0.320 e. The second-order valence-corrected chi connectivity index (χ2v) is 6.86. The molecule has 1 N–H and O–H groups in total. The molecule has 0 fully saturated rings. The highest BCUT2D eigenvalue weighted by Crippen LogP contribution is 2.44. The van der Waals surface area contributed by atoms with Gasteiger partial charge in [-0.3, -0.25) is 9.69 Å². The number of carboxylic acids is 1. The molecule has 3 nitrogen and oxygen atoms in total. The number of hydrogen-bond acceptors (Lipinski definition) is 2. The maximum Gasteiger partial charge on any atom is 0.320 e. The Hall–Kier alpha value is -2.39. The van der Waals surface area contributed by atoms with Gasteiger partial charge in [0.15, 0.2) is 0 Å². The van der Waals surface area contributed by atoms with Crippen molar-refractivity contribution in [2.75, 3.05) is 13.6 Å². The molecular formula is C22H25NO2. The predicted octanol–water partition coefficient (Wildman–Crippen LogP) is 4.18. The fourth-order valence-electron chi connectivity index (χ4n) is 3.71. The van der Waals surface area contributed by atoms with Crippen LogP contribution in [0.2, 0.25) is 0 Å². The Morgan fingerprint density at radius 3 is 2.52 bits per heavy atom. The molecule has 1 aliphatic carbocycles. The van der Waals surface area contributed by atoms with E-state index in [9.17, 15) is 4.79 Å². The lowest BCUT2D eigenvalue weighted by atomic mass is 9.73.